The summed E-state index contributed by atoms with van der Waals surface area (Å²) in [7, 11) is 0. The van der Waals surface area contributed by atoms with Crippen molar-refractivity contribution in [3.8, 4) is 0 Å². The fourth-order valence-corrected chi connectivity index (χ4v) is 3.03. The highest BCUT2D eigenvalue weighted by molar-refractivity contribution is 7.11. The summed E-state index contributed by atoms with van der Waals surface area (Å²) in [5.74, 6) is 0. The first-order valence-electron chi connectivity index (χ1n) is 7.04. The fraction of sp³-hybridized carbons (Fsp3) is 0.375. The van der Waals surface area contributed by atoms with Gasteiger partial charge in [0.1, 0.15) is 0 Å². The summed E-state index contributed by atoms with van der Waals surface area (Å²) in [6.45, 7) is 6.54. The highest BCUT2D eigenvalue weighted by Crippen LogP contribution is 2.16. The van der Waals surface area contributed by atoms with E-state index in [1.807, 2.05) is 26.0 Å². The van der Waals surface area contributed by atoms with Crippen molar-refractivity contribution >= 4 is 17.4 Å². The summed E-state index contributed by atoms with van der Waals surface area (Å²) in [5, 5.41) is 5.81. The Kier molecular flexibility index (Phi) is 5.33. The lowest BCUT2D eigenvalue weighted by Crippen LogP contribution is -2.41. The van der Waals surface area contributed by atoms with Gasteiger partial charge in [-0.3, -0.25) is 4.98 Å². The van der Waals surface area contributed by atoms with Gasteiger partial charge in [0.15, 0.2) is 0 Å². The van der Waals surface area contributed by atoms with E-state index in [9.17, 15) is 4.79 Å². The number of hydrogen-bond acceptors (Lipinski definition) is 3. The van der Waals surface area contributed by atoms with Crippen molar-refractivity contribution in [1.29, 1.82) is 0 Å². The second-order valence-electron chi connectivity index (χ2n) is 5.25. The molecule has 0 aliphatic carbocycles. The molecule has 2 amide bonds. The van der Waals surface area contributed by atoms with Crippen LogP contribution in [-0.4, -0.2) is 17.1 Å². The van der Waals surface area contributed by atoms with Crippen LogP contribution in [0, 0.1) is 13.8 Å². The van der Waals surface area contributed by atoms with E-state index < -0.39 is 0 Å². The highest BCUT2D eigenvalue weighted by Gasteiger charge is 2.09. The number of nitrogens with zero attached hydrogens (tertiary/aromatic N) is 1. The lowest BCUT2D eigenvalue weighted by atomic mass is 10.2. The summed E-state index contributed by atoms with van der Waals surface area (Å²) in [5.41, 5.74) is 1.97. The number of urea groups is 1. The minimum atomic E-state index is -0.142. The maximum absolute atomic E-state index is 11.8. The zero-order valence-electron chi connectivity index (χ0n) is 12.6. The van der Waals surface area contributed by atoms with E-state index in [2.05, 4.69) is 34.7 Å². The number of carbonyl (C=O) groups is 1. The molecule has 0 saturated heterocycles. The van der Waals surface area contributed by atoms with Crippen molar-refractivity contribution < 1.29 is 4.79 Å². The van der Waals surface area contributed by atoms with Crippen LogP contribution in [0.5, 0.6) is 0 Å². The Morgan fingerprint density at radius 2 is 2.10 bits per heavy atom. The third-order valence-electron chi connectivity index (χ3n) is 3.11. The molecular formula is C16H21N3OS. The molecule has 0 fully saturated rings. The van der Waals surface area contributed by atoms with E-state index in [4.69, 9.17) is 0 Å². The van der Waals surface area contributed by atoms with Crippen molar-refractivity contribution in [1.82, 2.24) is 15.6 Å². The van der Waals surface area contributed by atoms with Crippen molar-refractivity contribution in [3.63, 3.8) is 0 Å². The molecule has 0 saturated carbocycles. The van der Waals surface area contributed by atoms with E-state index in [1.165, 1.54) is 9.75 Å². The molecule has 0 aromatic carbocycles. The first-order valence-corrected chi connectivity index (χ1v) is 7.86. The molecular weight excluding hydrogens is 282 g/mol. The summed E-state index contributed by atoms with van der Waals surface area (Å²) in [4.78, 5) is 18.6. The number of hydrogen-bond donors (Lipinski definition) is 2. The third kappa shape index (κ3) is 5.19. The number of thiophene rings is 1. The molecule has 1 atom stereocenters. The van der Waals surface area contributed by atoms with Gasteiger partial charge in [0.05, 0.1) is 0 Å². The number of nitrogens with one attached hydrogen (secondary N) is 2. The quantitative estimate of drug-likeness (QED) is 0.891. The molecule has 0 aliphatic rings. The summed E-state index contributed by atoms with van der Waals surface area (Å²) in [6, 6.07) is 8.11. The highest BCUT2D eigenvalue weighted by atomic mass is 32.1. The van der Waals surface area contributed by atoms with Gasteiger partial charge < -0.3 is 10.6 Å². The monoisotopic (exact) mass is 303 g/mol. The van der Waals surface area contributed by atoms with Gasteiger partial charge in [0, 0.05) is 40.7 Å². The molecule has 2 heterocycles. The Balaban J connectivity index is 1.74. The molecule has 0 radical (unpaired) electrons. The molecule has 2 N–H and O–H groups in total. The van der Waals surface area contributed by atoms with Crippen LogP contribution in [0.15, 0.2) is 30.5 Å². The second-order valence-corrected chi connectivity index (χ2v) is 6.62. The summed E-state index contributed by atoms with van der Waals surface area (Å²) >= 11 is 1.77. The van der Waals surface area contributed by atoms with E-state index in [0.29, 0.717) is 6.54 Å². The van der Waals surface area contributed by atoms with Gasteiger partial charge in [0.25, 0.3) is 0 Å². The summed E-state index contributed by atoms with van der Waals surface area (Å²) < 4.78 is 0. The Hall–Kier alpha value is -1.88. The Labute approximate surface area is 129 Å². The smallest absolute Gasteiger partial charge is 0.315 e. The average Bonchev–Trinajstić information content (AvgIpc) is 2.83. The van der Waals surface area contributed by atoms with Crippen LogP contribution in [0.1, 0.15) is 27.9 Å². The van der Waals surface area contributed by atoms with Gasteiger partial charge in [-0.05, 0) is 44.5 Å². The zero-order chi connectivity index (χ0) is 15.2. The Morgan fingerprint density at radius 1 is 1.29 bits per heavy atom. The van der Waals surface area contributed by atoms with Crippen LogP contribution in [-0.2, 0) is 13.0 Å². The third-order valence-corrected chi connectivity index (χ3v) is 4.13. The zero-order valence-corrected chi connectivity index (χ0v) is 13.5. The molecule has 2 aromatic rings. The maximum Gasteiger partial charge on any atom is 0.315 e. The standard InChI is InChI=1S/C16H21N3OS/c1-11-4-6-14(9-17-11)10-18-16(20)19-12(2)8-15-7-5-13(3)21-15/h4-7,9,12H,8,10H2,1-3H3,(H2,18,19,20)/t12-/m1/s1. The van der Waals surface area contributed by atoms with Gasteiger partial charge in [-0.2, -0.15) is 0 Å². The van der Waals surface area contributed by atoms with Crippen LogP contribution >= 0.6 is 11.3 Å². The minimum Gasteiger partial charge on any atom is -0.335 e. The molecule has 0 unspecified atom stereocenters. The van der Waals surface area contributed by atoms with Crippen LogP contribution in [0.3, 0.4) is 0 Å². The number of rotatable bonds is 5. The number of aryl methyl sites for hydroxylation is 2. The fourth-order valence-electron chi connectivity index (χ4n) is 2.01. The van der Waals surface area contributed by atoms with Gasteiger partial charge >= 0.3 is 6.03 Å². The van der Waals surface area contributed by atoms with Gasteiger partial charge in [-0.15, -0.1) is 11.3 Å². The van der Waals surface area contributed by atoms with Crippen molar-refractivity contribution in [2.24, 2.45) is 0 Å². The van der Waals surface area contributed by atoms with E-state index in [-0.39, 0.29) is 12.1 Å². The molecule has 0 bridgehead atoms. The maximum atomic E-state index is 11.8. The number of pyridine rings is 1. The average molecular weight is 303 g/mol. The first-order chi connectivity index (χ1) is 10.0. The molecule has 0 spiro atoms. The first kappa shape index (κ1) is 15.5. The van der Waals surface area contributed by atoms with Gasteiger partial charge in [0.2, 0.25) is 0 Å². The molecule has 2 aromatic heterocycles. The van der Waals surface area contributed by atoms with Crippen molar-refractivity contribution in [2.45, 2.75) is 39.8 Å². The van der Waals surface area contributed by atoms with Crippen LogP contribution in [0.25, 0.3) is 0 Å². The van der Waals surface area contributed by atoms with Crippen molar-refractivity contribution in [3.05, 3.63) is 51.5 Å². The normalized spacial score (nSPS) is 12.0. The Bertz CT molecular complexity index is 592. The molecule has 112 valence electrons. The lowest BCUT2D eigenvalue weighted by Gasteiger charge is -2.14. The molecule has 5 heteroatoms. The number of aromatic nitrogens is 1. The minimum absolute atomic E-state index is 0.110. The molecule has 21 heavy (non-hydrogen) atoms. The second kappa shape index (κ2) is 7.22. The van der Waals surface area contributed by atoms with Gasteiger partial charge in [-0.1, -0.05) is 6.07 Å². The van der Waals surface area contributed by atoms with E-state index in [0.717, 1.165) is 17.7 Å². The summed E-state index contributed by atoms with van der Waals surface area (Å²) in [6.07, 6.45) is 2.64. The number of amides is 2. The predicted octanol–water partition coefficient (Wildman–Crippen LogP) is 3.19. The SMILES string of the molecule is Cc1ccc(CNC(=O)N[C@H](C)Cc2ccc(C)s2)cn1. The van der Waals surface area contributed by atoms with Crippen molar-refractivity contribution in [2.75, 3.05) is 0 Å². The molecule has 2 rings (SSSR count). The largest absolute Gasteiger partial charge is 0.335 e. The van der Waals surface area contributed by atoms with Crippen LogP contribution in [0.2, 0.25) is 0 Å². The topological polar surface area (TPSA) is 54.0 Å². The number of carbonyl (C=O) groups excluding carboxylic acids is 1. The predicted molar refractivity (Wildman–Crippen MR) is 86.6 cm³/mol. The van der Waals surface area contributed by atoms with Gasteiger partial charge in [-0.25, -0.2) is 4.79 Å². The van der Waals surface area contributed by atoms with E-state index >= 15 is 0 Å². The Morgan fingerprint density at radius 3 is 2.71 bits per heavy atom. The van der Waals surface area contributed by atoms with E-state index in [1.54, 1.807) is 17.5 Å². The van der Waals surface area contributed by atoms with Crippen LogP contribution < -0.4 is 10.6 Å². The molecule has 0 aliphatic heterocycles. The lowest BCUT2D eigenvalue weighted by molar-refractivity contribution is 0.237. The molecule has 4 nitrogen and oxygen atoms in total. The van der Waals surface area contributed by atoms with Crippen LogP contribution in [0.4, 0.5) is 4.79 Å².